The standard InChI is InChI=1S/C29H34N6O/c1-33-24-10-9-22(28(36)34-15-5-12-29(19-34)11-2-3-14-31-29)16-23(24)32-27(33)25-17-21-6-4-13-30-26(21)35(25)18-20-7-8-20/h4,6,9-10,13,16-17,20,31H,2-3,5,7-8,11-12,14-15,18-19H2,1H3. The highest BCUT2D eigenvalue weighted by Crippen LogP contribution is 2.36. The van der Waals surface area contributed by atoms with Crippen molar-refractivity contribution >= 4 is 28.0 Å². The summed E-state index contributed by atoms with van der Waals surface area (Å²) in [4.78, 5) is 25.4. The smallest absolute Gasteiger partial charge is 0.253 e. The summed E-state index contributed by atoms with van der Waals surface area (Å²) < 4.78 is 4.49. The van der Waals surface area contributed by atoms with Crippen molar-refractivity contribution in [2.75, 3.05) is 19.6 Å². The number of likely N-dealkylation sites (tertiary alicyclic amines) is 1. The van der Waals surface area contributed by atoms with Gasteiger partial charge in [0.15, 0.2) is 5.82 Å². The zero-order valence-electron chi connectivity index (χ0n) is 21.0. The molecule has 1 amide bonds. The molecule has 2 aliphatic heterocycles. The van der Waals surface area contributed by atoms with Crippen LogP contribution in [0, 0.1) is 5.92 Å². The van der Waals surface area contributed by atoms with Gasteiger partial charge in [-0.1, -0.05) is 6.42 Å². The number of fused-ring (bicyclic) bond motifs is 2. The van der Waals surface area contributed by atoms with Crippen LogP contribution in [-0.4, -0.2) is 55.1 Å². The third-order valence-corrected chi connectivity index (χ3v) is 8.60. The number of pyridine rings is 1. The molecule has 1 aliphatic carbocycles. The van der Waals surface area contributed by atoms with Gasteiger partial charge in [-0.25, -0.2) is 9.97 Å². The predicted molar refractivity (Wildman–Crippen MR) is 142 cm³/mol. The van der Waals surface area contributed by atoms with E-state index in [2.05, 4.69) is 49.6 Å². The fourth-order valence-electron chi connectivity index (χ4n) is 6.44. The Morgan fingerprint density at radius 1 is 1.14 bits per heavy atom. The molecule has 1 unspecified atom stereocenters. The van der Waals surface area contributed by atoms with Crippen LogP contribution in [0.1, 0.15) is 55.3 Å². The highest BCUT2D eigenvalue weighted by molar-refractivity contribution is 5.98. The van der Waals surface area contributed by atoms with Crippen molar-refractivity contribution in [2.45, 2.75) is 57.0 Å². The number of nitrogens with zero attached hydrogens (tertiary/aromatic N) is 5. The minimum Gasteiger partial charge on any atom is -0.337 e. The lowest BCUT2D eigenvalue weighted by Gasteiger charge is -2.46. The molecular formula is C29H34N6O. The Morgan fingerprint density at radius 2 is 2.03 bits per heavy atom. The first kappa shape index (κ1) is 22.0. The summed E-state index contributed by atoms with van der Waals surface area (Å²) in [6.07, 6.45) is 10.3. The van der Waals surface area contributed by atoms with E-state index in [9.17, 15) is 4.79 Å². The highest BCUT2D eigenvalue weighted by atomic mass is 16.2. The molecule has 36 heavy (non-hydrogen) atoms. The van der Waals surface area contributed by atoms with Gasteiger partial charge in [-0.3, -0.25) is 4.79 Å². The first-order valence-electron chi connectivity index (χ1n) is 13.6. The Kier molecular flexibility index (Phi) is 5.17. The van der Waals surface area contributed by atoms with Crippen LogP contribution in [0.4, 0.5) is 0 Å². The van der Waals surface area contributed by atoms with Crippen molar-refractivity contribution in [3.8, 4) is 11.5 Å². The minimum absolute atomic E-state index is 0.109. The number of benzene rings is 1. The van der Waals surface area contributed by atoms with Crippen molar-refractivity contribution in [1.82, 2.24) is 29.3 Å². The van der Waals surface area contributed by atoms with Gasteiger partial charge in [0.1, 0.15) is 5.65 Å². The lowest BCUT2D eigenvalue weighted by Crippen LogP contribution is -2.59. The second-order valence-electron chi connectivity index (χ2n) is 11.2. The highest BCUT2D eigenvalue weighted by Gasteiger charge is 2.38. The van der Waals surface area contributed by atoms with E-state index < -0.39 is 0 Å². The number of carbonyl (C=O) groups excluding carboxylic acids is 1. The summed E-state index contributed by atoms with van der Waals surface area (Å²) in [5.41, 5.74) is 4.89. The number of hydrogen-bond donors (Lipinski definition) is 1. The van der Waals surface area contributed by atoms with Crippen LogP contribution < -0.4 is 5.32 Å². The molecule has 7 nitrogen and oxygen atoms in total. The third kappa shape index (κ3) is 3.72. The fourth-order valence-corrected chi connectivity index (χ4v) is 6.44. The number of amides is 1. The zero-order valence-corrected chi connectivity index (χ0v) is 21.0. The Bertz CT molecular complexity index is 1450. The first-order valence-corrected chi connectivity index (χ1v) is 13.6. The van der Waals surface area contributed by atoms with E-state index in [0.29, 0.717) is 0 Å². The van der Waals surface area contributed by atoms with Crippen LogP contribution in [0.2, 0.25) is 0 Å². The largest absolute Gasteiger partial charge is 0.337 e. The summed E-state index contributed by atoms with van der Waals surface area (Å²) in [6.45, 7) is 3.69. The number of nitrogens with one attached hydrogen (secondary N) is 1. The number of aryl methyl sites for hydroxylation is 1. The monoisotopic (exact) mass is 482 g/mol. The molecular weight excluding hydrogens is 448 g/mol. The quantitative estimate of drug-likeness (QED) is 0.456. The number of imidazole rings is 1. The molecule has 7 rings (SSSR count). The Labute approximate surface area is 211 Å². The molecule has 0 radical (unpaired) electrons. The van der Waals surface area contributed by atoms with Crippen LogP contribution in [0.5, 0.6) is 0 Å². The maximum Gasteiger partial charge on any atom is 0.253 e. The molecule has 7 heteroatoms. The summed E-state index contributed by atoms with van der Waals surface area (Å²) in [5.74, 6) is 1.78. The topological polar surface area (TPSA) is 68.0 Å². The van der Waals surface area contributed by atoms with Gasteiger partial charge in [-0.2, -0.15) is 0 Å². The molecule has 186 valence electrons. The van der Waals surface area contributed by atoms with E-state index in [0.717, 1.165) is 77.7 Å². The van der Waals surface area contributed by atoms with Crippen LogP contribution >= 0.6 is 0 Å². The number of piperidine rings is 2. The number of aromatic nitrogens is 4. The Hall–Kier alpha value is -3.19. The molecule has 1 atom stereocenters. The van der Waals surface area contributed by atoms with E-state index in [1.807, 2.05) is 24.4 Å². The zero-order chi connectivity index (χ0) is 24.3. The van der Waals surface area contributed by atoms with Gasteiger partial charge in [0.05, 0.1) is 16.7 Å². The van der Waals surface area contributed by atoms with Crippen molar-refractivity contribution in [1.29, 1.82) is 0 Å². The lowest BCUT2D eigenvalue weighted by molar-refractivity contribution is 0.0555. The van der Waals surface area contributed by atoms with Gasteiger partial charge in [-0.15, -0.1) is 0 Å². The molecule has 5 heterocycles. The van der Waals surface area contributed by atoms with Gasteiger partial charge in [-0.05, 0) is 87.4 Å². The van der Waals surface area contributed by atoms with E-state index >= 15 is 0 Å². The number of carbonyl (C=O) groups is 1. The summed E-state index contributed by atoms with van der Waals surface area (Å²) in [6, 6.07) is 12.4. The fraction of sp³-hybridized carbons (Fsp3) is 0.483. The van der Waals surface area contributed by atoms with E-state index in [1.165, 1.54) is 38.5 Å². The Morgan fingerprint density at radius 3 is 2.86 bits per heavy atom. The molecule has 4 aromatic rings. The van der Waals surface area contributed by atoms with Crippen LogP contribution in [-0.2, 0) is 13.6 Å². The summed E-state index contributed by atoms with van der Waals surface area (Å²) in [5, 5.41) is 4.89. The van der Waals surface area contributed by atoms with Gasteiger partial charge in [0.25, 0.3) is 5.91 Å². The molecule has 1 N–H and O–H groups in total. The van der Waals surface area contributed by atoms with E-state index in [4.69, 9.17) is 4.98 Å². The van der Waals surface area contributed by atoms with Gasteiger partial charge in [0.2, 0.25) is 0 Å². The van der Waals surface area contributed by atoms with Crippen molar-refractivity contribution in [3.05, 3.63) is 48.2 Å². The third-order valence-electron chi connectivity index (χ3n) is 8.60. The van der Waals surface area contributed by atoms with Crippen LogP contribution in [0.25, 0.3) is 33.6 Å². The molecule has 2 saturated heterocycles. The summed E-state index contributed by atoms with van der Waals surface area (Å²) >= 11 is 0. The molecule has 1 saturated carbocycles. The second-order valence-corrected chi connectivity index (χ2v) is 11.2. The maximum absolute atomic E-state index is 13.6. The molecule has 3 fully saturated rings. The molecule has 1 spiro atoms. The molecule has 3 aromatic heterocycles. The van der Waals surface area contributed by atoms with Crippen molar-refractivity contribution in [2.24, 2.45) is 13.0 Å². The average molecular weight is 483 g/mol. The summed E-state index contributed by atoms with van der Waals surface area (Å²) in [7, 11) is 2.07. The van der Waals surface area contributed by atoms with E-state index in [1.54, 1.807) is 0 Å². The molecule has 0 bridgehead atoms. The van der Waals surface area contributed by atoms with Gasteiger partial charge >= 0.3 is 0 Å². The first-order chi connectivity index (χ1) is 17.6. The van der Waals surface area contributed by atoms with Crippen LogP contribution in [0.3, 0.4) is 0 Å². The normalized spacial score (nSPS) is 22.6. The molecule has 1 aromatic carbocycles. The second kappa shape index (κ2) is 8.44. The van der Waals surface area contributed by atoms with Gasteiger partial charge in [0, 0.05) is 49.4 Å². The van der Waals surface area contributed by atoms with Gasteiger partial charge < -0.3 is 19.4 Å². The lowest BCUT2D eigenvalue weighted by atomic mass is 9.81. The SMILES string of the molecule is Cn1c(-c2cc3cccnc3n2CC2CC2)nc2cc(C(=O)N3CCCC4(CCCCN4)C3)ccc21. The average Bonchev–Trinajstić information content (AvgIpc) is 3.58. The van der Waals surface area contributed by atoms with Crippen LogP contribution in [0.15, 0.2) is 42.6 Å². The predicted octanol–water partition coefficient (Wildman–Crippen LogP) is 4.75. The molecule has 3 aliphatic rings. The Balaban J connectivity index is 1.23. The number of hydrogen-bond acceptors (Lipinski definition) is 4. The minimum atomic E-state index is 0.109. The maximum atomic E-state index is 13.6. The number of rotatable bonds is 4. The van der Waals surface area contributed by atoms with Crippen molar-refractivity contribution in [3.63, 3.8) is 0 Å². The van der Waals surface area contributed by atoms with E-state index in [-0.39, 0.29) is 11.4 Å². The van der Waals surface area contributed by atoms with Crippen molar-refractivity contribution < 1.29 is 4.79 Å².